The molecule has 3 saturated carbocycles. The molecule has 1 saturated heterocycles. The van der Waals surface area contributed by atoms with E-state index in [4.69, 9.17) is 4.74 Å². The van der Waals surface area contributed by atoms with Gasteiger partial charge in [-0.1, -0.05) is 19.9 Å². The fraction of sp³-hybridized carbons (Fsp3) is 0.750. The van der Waals surface area contributed by atoms with Crippen molar-refractivity contribution >= 4 is 5.78 Å². The van der Waals surface area contributed by atoms with Crippen LogP contribution in [0.1, 0.15) is 46.0 Å². The topological polar surface area (TPSA) is 49.8 Å². The van der Waals surface area contributed by atoms with Crippen LogP contribution in [0.4, 0.5) is 0 Å². The van der Waals surface area contributed by atoms with Crippen LogP contribution in [0.15, 0.2) is 23.8 Å². The van der Waals surface area contributed by atoms with Crippen LogP contribution in [0, 0.1) is 28.6 Å². The lowest BCUT2D eigenvalue weighted by atomic mass is 9.46. The van der Waals surface area contributed by atoms with Crippen LogP contribution in [-0.4, -0.2) is 29.2 Å². The van der Waals surface area contributed by atoms with Gasteiger partial charge in [-0.15, -0.1) is 0 Å². The molecule has 0 aromatic heterocycles. The van der Waals surface area contributed by atoms with Gasteiger partial charge in [0.05, 0.1) is 12.7 Å². The van der Waals surface area contributed by atoms with Crippen molar-refractivity contribution in [3.05, 3.63) is 23.8 Å². The predicted octanol–water partition coefficient (Wildman–Crippen LogP) is 3.03. The quantitative estimate of drug-likeness (QED) is 0.699. The number of aliphatic hydroxyl groups is 1. The van der Waals surface area contributed by atoms with Gasteiger partial charge in [-0.2, -0.15) is 0 Å². The Morgan fingerprint density at radius 1 is 1.22 bits per heavy atom. The fourth-order valence-electron chi connectivity index (χ4n) is 6.78. The van der Waals surface area contributed by atoms with E-state index in [-0.39, 0.29) is 28.3 Å². The van der Waals surface area contributed by atoms with Crippen molar-refractivity contribution in [3.8, 4) is 0 Å². The molecule has 0 bridgehead atoms. The SMILES string of the molecule is C[C@]12C=CC(=O)C=C1C1(CO1)C[C@@H]1C2CC[C@@]2(C)C1CC[C@@H]2O. The van der Waals surface area contributed by atoms with Crippen molar-refractivity contribution in [2.24, 2.45) is 28.6 Å². The lowest BCUT2D eigenvalue weighted by Gasteiger charge is -2.58. The first kappa shape index (κ1) is 14.4. The second kappa shape index (κ2) is 4.18. The molecule has 1 N–H and O–H groups in total. The molecule has 3 heteroatoms. The third-order valence-corrected chi connectivity index (χ3v) is 8.17. The minimum absolute atomic E-state index is 0.0395. The van der Waals surface area contributed by atoms with E-state index in [0.717, 1.165) is 38.7 Å². The van der Waals surface area contributed by atoms with Gasteiger partial charge in [-0.25, -0.2) is 0 Å². The number of aliphatic hydroxyl groups excluding tert-OH is 1. The summed E-state index contributed by atoms with van der Waals surface area (Å²) in [5, 5.41) is 10.5. The lowest BCUT2D eigenvalue weighted by Crippen LogP contribution is -2.54. The summed E-state index contributed by atoms with van der Waals surface area (Å²) in [7, 11) is 0. The maximum atomic E-state index is 12.0. The Bertz CT molecular complexity index is 643. The first-order valence-corrected chi connectivity index (χ1v) is 9.17. The number of rotatable bonds is 0. The molecule has 0 amide bonds. The first-order valence-electron chi connectivity index (χ1n) is 9.17. The number of ketones is 1. The molecule has 7 atom stereocenters. The summed E-state index contributed by atoms with van der Waals surface area (Å²) in [5.74, 6) is 1.90. The van der Waals surface area contributed by atoms with Gasteiger partial charge in [0.1, 0.15) is 5.60 Å². The van der Waals surface area contributed by atoms with E-state index in [1.165, 1.54) is 5.57 Å². The van der Waals surface area contributed by atoms with E-state index in [1.807, 2.05) is 6.08 Å². The van der Waals surface area contributed by atoms with Gasteiger partial charge in [0.15, 0.2) is 5.78 Å². The molecule has 23 heavy (non-hydrogen) atoms. The van der Waals surface area contributed by atoms with Crippen LogP contribution in [0.25, 0.3) is 0 Å². The summed E-state index contributed by atoms with van der Waals surface area (Å²) in [5.41, 5.74) is 1.11. The summed E-state index contributed by atoms with van der Waals surface area (Å²) in [6.07, 6.45) is 11.1. The van der Waals surface area contributed by atoms with Gasteiger partial charge in [0.25, 0.3) is 0 Å². The average Bonchev–Trinajstić information content (AvgIpc) is 3.21. The van der Waals surface area contributed by atoms with Crippen molar-refractivity contribution < 1.29 is 14.6 Å². The van der Waals surface area contributed by atoms with Crippen LogP contribution in [0.3, 0.4) is 0 Å². The normalized spacial score (nSPS) is 56.8. The van der Waals surface area contributed by atoms with Crippen molar-refractivity contribution in [1.29, 1.82) is 0 Å². The molecule has 124 valence electrons. The zero-order valence-electron chi connectivity index (χ0n) is 14.0. The van der Waals surface area contributed by atoms with Gasteiger partial charge >= 0.3 is 0 Å². The highest BCUT2D eigenvalue weighted by atomic mass is 16.6. The molecule has 0 aromatic rings. The molecule has 3 nitrogen and oxygen atoms in total. The molecule has 5 rings (SSSR count). The zero-order valence-corrected chi connectivity index (χ0v) is 14.0. The summed E-state index contributed by atoms with van der Waals surface area (Å²) in [4.78, 5) is 12.0. The van der Waals surface area contributed by atoms with E-state index in [2.05, 4.69) is 19.9 Å². The van der Waals surface area contributed by atoms with Crippen molar-refractivity contribution in [2.45, 2.75) is 57.7 Å². The Kier molecular flexibility index (Phi) is 2.62. The number of ether oxygens (including phenoxy) is 1. The highest BCUT2D eigenvalue weighted by Crippen LogP contribution is 2.68. The Balaban J connectivity index is 1.60. The lowest BCUT2D eigenvalue weighted by molar-refractivity contribution is -0.111. The third kappa shape index (κ3) is 1.65. The Morgan fingerprint density at radius 2 is 2.00 bits per heavy atom. The van der Waals surface area contributed by atoms with Crippen molar-refractivity contribution in [3.63, 3.8) is 0 Å². The number of hydrogen-bond donors (Lipinski definition) is 1. The van der Waals surface area contributed by atoms with E-state index >= 15 is 0 Å². The number of hydrogen-bond acceptors (Lipinski definition) is 3. The summed E-state index contributed by atoms with van der Waals surface area (Å²) in [6, 6.07) is 0. The molecular weight excluding hydrogens is 288 g/mol. The van der Waals surface area contributed by atoms with Crippen molar-refractivity contribution in [2.75, 3.05) is 6.61 Å². The molecule has 0 radical (unpaired) electrons. The van der Waals surface area contributed by atoms with Crippen LogP contribution in [0.5, 0.6) is 0 Å². The van der Waals surface area contributed by atoms with Gasteiger partial charge in [-0.3, -0.25) is 4.79 Å². The standard InChI is InChI=1S/C20H26O3/c1-18-7-5-12(21)9-16(18)20(11-23-20)10-13-14-3-4-17(22)19(14,2)8-6-15(13)18/h5,7,9,13-15,17,22H,3-4,6,8,10-11H2,1-2H3/t13-,14?,15?,17-,18+,19-,20?/m0/s1. The van der Waals surface area contributed by atoms with Gasteiger partial charge < -0.3 is 9.84 Å². The molecule has 5 aliphatic rings. The maximum Gasteiger partial charge on any atom is 0.178 e. The Hall–Kier alpha value is -0.930. The number of epoxide rings is 1. The second-order valence-electron chi connectivity index (χ2n) is 9.08. The molecule has 1 aliphatic heterocycles. The minimum Gasteiger partial charge on any atom is -0.393 e. The minimum atomic E-state index is -0.178. The molecule has 0 aromatic carbocycles. The molecule has 1 spiro atoms. The molecule has 3 unspecified atom stereocenters. The monoisotopic (exact) mass is 314 g/mol. The van der Waals surface area contributed by atoms with Crippen LogP contribution in [0.2, 0.25) is 0 Å². The summed E-state index contributed by atoms with van der Waals surface area (Å²) >= 11 is 0. The van der Waals surface area contributed by atoms with Gasteiger partial charge in [-0.05, 0) is 73.0 Å². The Labute approximate surface area is 137 Å². The molecule has 4 fully saturated rings. The number of carbonyl (C=O) groups is 1. The van der Waals surface area contributed by atoms with Crippen molar-refractivity contribution in [1.82, 2.24) is 0 Å². The highest BCUT2D eigenvalue weighted by Gasteiger charge is 2.66. The number of fused-ring (bicyclic) bond motifs is 6. The number of allylic oxidation sites excluding steroid dienone is 3. The molecule has 1 heterocycles. The molecule has 4 aliphatic carbocycles. The second-order valence-corrected chi connectivity index (χ2v) is 9.08. The van der Waals surface area contributed by atoms with E-state index in [1.54, 1.807) is 6.08 Å². The van der Waals surface area contributed by atoms with Crippen LogP contribution in [-0.2, 0) is 9.53 Å². The first-order chi connectivity index (χ1) is 10.9. The predicted molar refractivity (Wildman–Crippen MR) is 86.7 cm³/mol. The zero-order chi connectivity index (χ0) is 16.0. The third-order valence-electron chi connectivity index (χ3n) is 8.17. The van der Waals surface area contributed by atoms with Crippen LogP contribution < -0.4 is 0 Å². The van der Waals surface area contributed by atoms with Crippen LogP contribution >= 0.6 is 0 Å². The maximum absolute atomic E-state index is 12.0. The van der Waals surface area contributed by atoms with E-state index in [0.29, 0.717) is 17.8 Å². The highest BCUT2D eigenvalue weighted by molar-refractivity contribution is 6.01. The summed E-state index contributed by atoms with van der Waals surface area (Å²) in [6.45, 7) is 5.39. The smallest absolute Gasteiger partial charge is 0.178 e. The number of carbonyl (C=O) groups excluding carboxylic acids is 1. The van der Waals surface area contributed by atoms with Gasteiger partial charge in [0.2, 0.25) is 0 Å². The average molecular weight is 314 g/mol. The fourth-order valence-corrected chi connectivity index (χ4v) is 6.78. The Morgan fingerprint density at radius 3 is 2.74 bits per heavy atom. The van der Waals surface area contributed by atoms with E-state index < -0.39 is 0 Å². The largest absolute Gasteiger partial charge is 0.393 e. The molecular formula is C20H26O3. The van der Waals surface area contributed by atoms with Gasteiger partial charge in [0, 0.05) is 5.41 Å². The summed E-state index contributed by atoms with van der Waals surface area (Å²) < 4.78 is 5.96. The van der Waals surface area contributed by atoms with E-state index in [9.17, 15) is 9.90 Å².